The Hall–Kier alpha value is -0.900. The smallest absolute Gasteiger partial charge is 0.213 e. The van der Waals surface area contributed by atoms with Crippen molar-refractivity contribution in [3.63, 3.8) is 0 Å². The first kappa shape index (κ1) is 6.22. The van der Waals surface area contributed by atoms with Gasteiger partial charge in [-0.05, 0) is 6.42 Å². The molecule has 1 rings (SSSR count). The van der Waals surface area contributed by atoms with Crippen LogP contribution >= 0.6 is 0 Å². The minimum Gasteiger partial charge on any atom is -0.343 e. The van der Waals surface area contributed by atoms with Crippen LogP contribution in [0.1, 0.15) is 25.2 Å². The van der Waals surface area contributed by atoms with E-state index in [0.29, 0.717) is 5.82 Å². The largest absolute Gasteiger partial charge is 0.343 e. The maximum Gasteiger partial charge on any atom is 0.213 e. The zero-order valence-corrected chi connectivity index (χ0v) is 5.24. The first-order valence-corrected chi connectivity index (χ1v) is 2.86. The third kappa shape index (κ3) is 1.26. The number of rotatable bonds is 2. The second-order valence-corrected chi connectivity index (χ2v) is 1.80. The molecule has 0 fully saturated rings. The van der Waals surface area contributed by atoms with Crippen LogP contribution in [0.15, 0.2) is 10.9 Å². The van der Waals surface area contributed by atoms with Crippen LogP contribution in [0.25, 0.3) is 0 Å². The van der Waals surface area contributed by atoms with E-state index >= 15 is 0 Å². The lowest BCUT2D eigenvalue weighted by Crippen LogP contribution is -2.09. The molecule has 0 aliphatic rings. The number of hydrogen-bond acceptors (Lipinski definition) is 4. The van der Waals surface area contributed by atoms with Crippen LogP contribution in [0.4, 0.5) is 0 Å². The van der Waals surface area contributed by atoms with Gasteiger partial charge in [0.05, 0.1) is 6.04 Å². The van der Waals surface area contributed by atoms with Gasteiger partial charge in [0.1, 0.15) is 0 Å². The van der Waals surface area contributed by atoms with E-state index in [1.165, 1.54) is 6.39 Å². The average molecular weight is 127 g/mol. The van der Waals surface area contributed by atoms with Gasteiger partial charge in [-0.3, -0.25) is 0 Å². The van der Waals surface area contributed by atoms with Crippen molar-refractivity contribution in [2.24, 2.45) is 5.73 Å². The molecule has 1 aromatic heterocycles. The predicted octanol–water partition coefficient (Wildman–Crippen LogP) is 0.479. The van der Waals surface area contributed by atoms with Crippen molar-refractivity contribution in [2.75, 3.05) is 0 Å². The zero-order chi connectivity index (χ0) is 6.69. The highest BCUT2D eigenvalue weighted by atomic mass is 16.5. The van der Waals surface area contributed by atoms with Gasteiger partial charge in [0, 0.05) is 0 Å². The summed E-state index contributed by atoms with van der Waals surface area (Å²) < 4.78 is 4.50. The molecule has 0 aromatic carbocycles. The molecule has 1 heterocycles. The van der Waals surface area contributed by atoms with E-state index in [-0.39, 0.29) is 6.04 Å². The molecule has 4 heteroatoms. The van der Waals surface area contributed by atoms with Crippen LogP contribution in [0.5, 0.6) is 0 Å². The minimum atomic E-state index is -0.0799. The van der Waals surface area contributed by atoms with Gasteiger partial charge in [-0.15, -0.1) is 0 Å². The zero-order valence-electron chi connectivity index (χ0n) is 5.24. The Morgan fingerprint density at radius 1 is 1.89 bits per heavy atom. The van der Waals surface area contributed by atoms with E-state index in [4.69, 9.17) is 5.73 Å². The molecule has 50 valence electrons. The molecule has 9 heavy (non-hydrogen) atoms. The van der Waals surface area contributed by atoms with Gasteiger partial charge < -0.3 is 10.3 Å². The van der Waals surface area contributed by atoms with Crippen molar-refractivity contribution >= 4 is 0 Å². The molecule has 2 N–H and O–H groups in total. The summed E-state index contributed by atoms with van der Waals surface area (Å²) in [4.78, 5) is 3.78. The molecule has 0 saturated carbocycles. The maximum atomic E-state index is 5.55. The summed E-state index contributed by atoms with van der Waals surface area (Å²) in [6.07, 6.45) is 2.12. The van der Waals surface area contributed by atoms with Crippen molar-refractivity contribution in [3.05, 3.63) is 12.2 Å². The lowest BCUT2D eigenvalue weighted by atomic mass is 10.2. The van der Waals surface area contributed by atoms with Gasteiger partial charge in [0.15, 0.2) is 5.82 Å². The van der Waals surface area contributed by atoms with Crippen molar-refractivity contribution in [1.29, 1.82) is 0 Å². The molecule has 0 aliphatic carbocycles. The number of nitrogens with zero attached hydrogens (tertiary/aromatic N) is 2. The summed E-state index contributed by atoms with van der Waals surface area (Å²) in [7, 11) is 0. The number of aromatic nitrogens is 2. The summed E-state index contributed by atoms with van der Waals surface area (Å²) in [5, 5.41) is 3.58. The summed E-state index contributed by atoms with van der Waals surface area (Å²) in [5.41, 5.74) is 5.55. The fourth-order valence-electron chi connectivity index (χ4n) is 0.525. The van der Waals surface area contributed by atoms with Crippen molar-refractivity contribution in [1.82, 2.24) is 10.1 Å². The van der Waals surface area contributed by atoms with Crippen LogP contribution < -0.4 is 5.73 Å². The second kappa shape index (κ2) is 2.59. The Bertz CT molecular complexity index is 161. The van der Waals surface area contributed by atoms with E-state index < -0.39 is 0 Å². The highest BCUT2D eigenvalue weighted by Crippen LogP contribution is 2.05. The molecule has 0 unspecified atom stereocenters. The van der Waals surface area contributed by atoms with Gasteiger partial charge >= 0.3 is 0 Å². The summed E-state index contributed by atoms with van der Waals surface area (Å²) >= 11 is 0. The van der Waals surface area contributed by atoms with Crippen LogP contribution in [0, 0.1) is 0 Å². The Kier molecular flexibility index (Phi) is 1.79. The minimum absolute atomic E-state index is 0.0799. The standard InChI is InChI=1S/C5H9N3O/c1-2-4(6)5-7-3-9-8-5/h3-4H,2,6H2,1H3/t4-/m0/s1. The lowest BCUT2D eigenvalue weighted by molar-refractivity contribution is 0.403. The Morgan fingerprint density at radius 2 is 2.67 bits per heavy atom. The topological polar surface area (TPSA) is 64.9 Å². The number of hydrogen-bond donors (Lipinski definition) is 1. The van der Waals surface area contributed by atoms with Gasteiger partial charge in [-0.1, -0.05) is 12.1 Å². The highest BCUT2D eigenvalue weighted by Gasteiger charge is 2.06. The molecule has 0 aliphatic heterocycles. The Morgan fingerprint density at radius 3 is 3.11 bits per heavy atom. The predicted molar refractivity (Wildman–Crippen MR) is 31.5 cm³/mol. The molecular weight excluding hydrogens is 118 g/mol. The molecule has 4 nitrogen and oxygen atoms in total. The maximum absolute atomic E-state index is 5.55. The van der Waals surface area contributed by atoms with Gasteiger partial charge in [-0.25, -0.2) is 0 Å². The third-order valence-corrected chi connectivity index (χ3v) is 1.15. The van der Waals surface area contributed by atoms with Crippen LogP contribution in [0.2, 0.25) is 0 Å². The van der Waals surface area contributed by atoms with Crippen molar-refractivity contribution < 1.29 is 4.52 Å². The first-order valence-electron chi connectivity index (χ1n) is 2.86. The fourth-order valence-corrected chi connectivity index (χ4v) is 0.525. The van der Waals surface area contributed by atoms with Gasteiger partial charge in [0.25, 0.3) is 0 Å². The first-order chi connectivity index (χ1) is 4.34. The Balaban J connectivity index is 2.65. The summed E-state index contributed by atoms with van der Waals surface area (Å²) in [5.74, 6) is 0.581. The molecule has 0 amide bonds. The van der Waals surface area contributed by atoms with Crippen LogP contribution in [0.3, 0.4) is 0 Å². The number of nitrogens with two attached hydrogens (primary N) is 1. The normalized spacial score (nSPS) is 13.6. The van der Waals surface area contributed by atoms with Crippen molar-refractivity contribution in [3.8, 4) is 0 Å². The van der Waals surface area contributed by atoms with E-state index in [0.717, 1.165) is 6.42 Å². The lowest BCUT2D eigenvalue weighted by Gasteiger charge is -1.98. The van der Waals surface area contributed by atoms with Crippen LogP contribution in [-0.4, -0.2) is 10.1 Å². The van der Waals surface area contributed by atoms with Gasteiger partial charge in [0.2, 0.25) is 6.39 Å². The molecule has 0 bridgehead atoms. The molecule has 1 aromatic rings. The monoisotopic (exact) mass is 127 g/mol. The molecule has 0 radical (unpaired) electrons. The third-order valence-electron chi connectivity index (χ3n) is 1.15. The average Bonchev–Trinajstić information content (AvgIpc) is 2.37. The molecule has 0 saturated heterocycles. The van der Waals surface area contributed by atoms with E-state index in [1.54, 1.807) is 0 Å². The van der Waals surface area contributed by atoms with E-state index in [2.05, 4.69) is 14.7 Å². The fraction of sp³-hybridized carbons (Fsp3) is 0.600. The van der Waals surface area contributed by atoms with E-state index in [9.17, 15) is 0 Å². The Labute approximate surface area is 53.1 Å². The highest BCUT2D eigenvalue weighted by molar-refractivity contribution is 4.86. The van der Waals surface area contributed by atoms with Crippen molar-refractivity contribution in [2.45, 2.75) is 19.4 Å². The molecule has 1 atom stereocenters. The van der Waals surface area contributed by atoms with Crippen LogP contribution in [-0.2, 0) is 0 Å². The SMILES string of the molecule is CC[C@H](N)c1ncon1. The summed E-state index contributed by atoms with van der Waals surface area (Å²) in [6.45, 7) is 1.97. The quantitative estimate of drug-likeness (QED) is 0.627. The second-order valence-electron chi connectivity index (χ2n) is 1.80. The molecule has 0 spiro atoms. The van der Waals surface area contributed by atoms with Gasteiger partial charge in [-0.2, -0.15) is 4.98 Å². The summed E-state index contributed by atoms with van der Waals surface area (Å²) in [6, 6.07) is -0.0799. The molecular formula is C5H9N3O. The van der Waals surface area contributed by atoms with E-state index in [1.807, 2.05) is 6.92 Å².